The van der Waals surface area contributed by atoms with Crippen molar-refractivity contribution in [3.63, 3.8) is 0 Å². The van der Waals surface area contributed by atoms with Gasteiger partial charge < -0.3 is 17.0 Å². The van der Waals surface area contributed by atoms with Gasteiger partial charge in [0.2, 0.25) is 0 Å². The molecular weight excluding hydrogens is 272 g/mol. The summed E-state index contributed by atoms with van der Waals surface area (Å²) in [7, 11) is 0. The normalized spacial score (nSPS) is 8.80. The molecule has 1 aromatic rings. The van der Waals surface area contributed by atoms with Gasteiger partial charge in [-0.15, -0.1) is 0 Å². The molecule has 0 saturated heterocycles. The van der Waals surface area contributed by atoms with Gasteiger partial charge in [0.25, 0.3) is 0 Å². The van der Waals surface area contributed by atoms with Gasteiger partial charge in [0, 0.05) is 0 Å². The minimum absolute atomic E-state index is 0. The Hall–Kier alpha value is 0.543. The SMILES string of the molecule is Fc1cc[c]([Zn+])c(Cl)c1.[Br-]. The van der Waals surface area contributed by atoms with Gasteiger partial charge in [0.15, 0.2) is 0 Å². The van der Waals surface area contributed by atoms with Gasteiger partial charge in [-0.1, -0.05) is 0 Å². The zero-order valence-electron chi connectivity index (χ0n) is 5.07. The van der Waals surface area contributed by atoms with E-state index < -0.39 is 0 Å². The molecule has 1 aromatic carbocycles. The smallest absolute Gasteiger partial charge is 1.00 e. The fourth-order valence-corrected chi connectivity index (χ4v) is 1.15. The Bertz CT molecular complexity index is 229. The van der Waals surface area contributed by atoms with E-state index in [1.54, 1.807) is 6.07 Å². The Balaban J connectivity index is 0.000000810. The van der Waals surface area contributed by atoms with Crippen molar-refractivity contribution < 1.29 is 39.7 Å². The zero-order chi connectivity index (χ0) is 6.85. The fourth-order valence-electron chi connectivity index (χ4n) is 0.522. The average molecular weight is 275 g/mol. The third-order valence-corrected chi connectivity index (χ3v) is 3.13. The molecule has 0 saturated carbocycles. The maximum absolute atomic E-state index is 12.3. The monoisotopic (exact) mass is 272 g/mol. The fraction of sp³-hybridized carbons (Fsp3) is 0. The molecule has 1 rings (SSSR count). The molecule has 0 bridgehead atoms. The molecule has 0 radical (unpaired) electrons. The van der Waals surface area contributed by atoms with E-state index in [0.717, 1.165) is 22.5 Å². The van der Waals surface area contributed by atoms with Crippen LogP contribution in [0, 0.1) is 5.82 Å². The zero-order valence-corrected chi connectivity index (χ0v) is 10.4. The molecule has 0 aliphatic rings. The number of rotatable bonds is 0. The molecule has 0 heterocycles. The van der Waals surface area contributed by atoms with Crippen molar-refractivity contribution in [3.05, 3.63) is 29.0 Å². The Morgan fingerprint density at radius 3 is 2.40 bits per heavy atom. The first kappa shape index (κ1) is 10.5. The van der Waals surface area contributed by atoms with E-state index in [-0.39, 0.29) is 22.8 Å². The van der Waals surface area contributed by atoms with Crippen LogP contribution >= 0.6 is 11.6 Å². The summed E-state index contributed by atoms with van der Waals surface area (Å²) in [5, 5.41) is 0.537. The van der Waals surface area contributed by atoms with Crippen LogP contribution in [0.1, 0.15) is 0 Å². The number of halogens is 3. The molecule has 0 atom stereocenters. The first-order valence-electron chi connectivity index (χ1n) is 2.47. The molecule has 0 N–H and O–H groups in total. The summed E-state index contributed by atoms with van der Waals surface area (Å²) in [6, 6.07) is 4.46. The number of hydrogen-bond acceptors (Lipinski definition) is 0. The van der Waals surface area contributed by atoms with Crippen LogP contribution in [0.2, 0.25) is 5.02 Å². The van der Waals surface area contributed by atoms with Crippen LogP contribution in [-0.2, 0) is 18.3 Å². The van der Waals surface area contributed by atoms with Crippen LogP contribution in [0.4, 0.5) is 4.39 Å². The summed E-state index contributed by atoms with van der Waals surface area (Å²) in [5.74, 6) is -0.266. The number of benzene rings is 1. The standard InChI is InChI=1S/C6H3ClF.BrH.Zn/c7-5-2-1-3-6(8)4-5;;/h1,3-4H;1H;/q;;+1/p-1. The van der Waals surface area contributed by atoms with Crippen LogP contribution in [0.3, 0.4) is 0 Å². The summed E-state index contributed by atoms with van der Waals surface area (Å²) in [4.78, 5) is 0. The molecule has 4 heteroatoms. The van der Waals surface area contributed by atoms with E-state index in [0.29, 0.717) is 5.02 Å². The van der Waals surface area contributed by atoms with Crippen molar-refractivity contribution in [3.8, 4) is 0 Å². The molecule has 0 nitrogen and oxygen atoms in total. The van der Waals surface area contributed by atoms with Gasteiger partial charge in [-0.3, -0.25) is 0 Å². The minimum atomic E-state index is -0.266. The molecule has 0 spiro atoms. The van der Waals surface area contributed by atoms with Crippen molar-refractivity contribution in [2.45, 2.75) is 0 Å². The molecule has 10 heavy (non-hydrogen) atoms. The summed E-state index contributed by atoms with van der Waals surface area (Å²) in [6.45, 7) is 0. The molecule has 0 amide bonds. The average Bonchev–Trinajstić information content (AvgIpc) is 1.80. The van der Waals surface area contributed by atoms with Gasteiger partial charge in [0.1, 0.15) is 0 Å². The second kappa shape index (κ2) is 4.43. The third-order valence-electron chi connectivity index (χ3n) is 1.02. The summed E-state index contributed by atoms with van der Waals surface area (Å²) in [5.41, 5.74) is 0. The first-order valence-corrected chi connectivity index (χ1v) is 4.33. The van der Waals surface area contributed by atoms with Gasteiger partial charge in [-0.25, -0.2) is 0 Å². The van der Waals surface area contributed by atoms with E-state index in [1.807, 2.05) is 0 Å². The Morgan fingerprint density at radius 2 is 2.00 bits per heavy atom. The van der Waals surface area contributed by atoms with Gasteiger partial charge >= 0.3 is 67.5 Å². The molecule has 0 unspecified atom stereocenters. The molecule has 0 aliphatic carbocycles. The second-order valence-corrected chi connectivity index (χ2v) is 3.74. The van der Waals surface area contributed by atoms with E-state index in [4.69, 9.17) is 11.6 Å². The molecule has 0 fully saturated rings. The van der Waals surface area contributed by atoms with E-state index >= 15 is 0 Å². The van der Waals surface area contributed by atoms with Crippen LogP contribution in [0.15, 0.2) is 18.2 Å². The van der Waals surface area contributed by atoms with Crippen LogP contribution in [0.5, 0.6) is 0 Å². The molecule has 0 aromatic heterocycles. The molecule has 50 valence electrons. The predicted octanol–water partition coefficient (Wildman–Crippen LogP) is -1.34. The van der Waals surface area contributed by atoms with Crippen LogP contribution < -0.4 is 21.1 Å². The van der Waals surface area contributed by atoms with Gasteiger partial charge in [-0.2, -0.15) is 0 Å². The third kappa shape index (κ3) is 2.65. The minimum Gasteiger partial charge on any atom is -1.00 e. The van der Waals surface area contributed by atoms with Crippen molar-refractivity contribution in [2.24, 2.45) is 0 Å². The predicted molar refractivity (Wildman–Crippen MR) is 31.0 cm³/mol. The van der Waals surface area contributed by atoms with Crippen molar-refractivity contribution in [1.29, 1.82) is 0 Å². The Morgan fingerprint density at radius 1 is 1.40 bits per heavy atom. The Kier molecular flexibility index (Phi) is 4.67. The van der Waals surface area contributed by atoms with E-state index in [2.05, 4.69) is 0 Å². The van der Waals surface area contributed by atoms with Crippen LogP contribution in [-0.4, -0.2) is 0 Å². The maximum Gasteiger partial charge on any atom is -1.00 e. The van der Waals surface area contributed by atoms with Crippen molar-refractivity contribution in [2.75, 3.05) is 0 Å². The quantitative estimate of drug-likeness (QED) is 0.514. The van der Waals surface area contributed by atoms with Gasteiger partial charge in [-0.05, 0) is 0 Å². The summed E-state index contributed by atoms with van der Waals surface area (Å²) in [6.07, 6.45) is 0. The molecular formula is C6H3BrClFZn. The Labute approximate surface area is 84.2 Å². The first-order chi connectivity index (χ1) is 4.20. The summed E-state index contributed by atoms with van der Waals surface area (Å²) >= 11 is 6.58. The van der Waals surface area contributed by atoms with Crippen molar-refractivity contribution in [1.82, 2.24) is 0 Å². The molecule has 0 aliphatic heterocycles. The van der Waals surface area contributed by atoms with Crippen LogP contribution in [0.25, 0.3) is 0 Å². The summed E-state index contributed by atoms with van der Waals surface area (Å²) < 4.78 is 13.3. The van der Waals surface area contributed by atoms with Gasteiger partial charge in [0.05, 0.1) is 0 Å². The largest absolute Gasteiger partial charge is 1.00 e. The van der Waals surface area contributed by atoms with E-state index in [9.17, 15) is 4.39 Å². The topological polar surface area (TPSA) is 0 Å². The van der Waals surface area contributed by atoms with Crippen molar-refractivity contribution >= 4 is 15.8 Å². The maximum atomic E-state index is 12.3. The van der Waals surface area contributed by atoms with E-state index in [1.165, 1.54) is 12.1 Å². The number of hydrogen-bond donors (Lipinski definition) is 0. The second-order valence-electron chi connectivity index (χ2n) is 1.74.